The molecule has 0 aliphatic heterocycles. The normalized spacial score (nSPS) is 11.3. The summed E-state index contributed by atoms with van der Waals surface area (Å²) in [7, 11) is 0. The standard InChI is InChI=1S/C13H15Cl3O3/c1-13(2,3)19-12(17)4-5-18-11-7-9(15)8(14)6-10(11)16/h6-7H,4-5H2,1-3H3. The van der Waals surface area contributed by atoms with Gasteiger partial charge in [-0.3, -0.25) is 4.79 Å². The molecule has 3 nitrogen and oxygen atoms in total. The zero-order chi connectivity index (χ0) is 14.6. The van der Waals surface area contributed by atoms with Crippen molar-refractivity contribution in [2.24, 2.45) is 0 Å². The zero-order valence-corrected chi connectivity index (χ0v) is 13.2. The predicted octanol–water partition coefficient (Wildman–Crippen LogP) is 4.76. The lowest BCUT2D eigenvalue weighted by molar-refractivity contribution is -0.155. The van der Waals surface area contributed by atoms with Crippen molar-refractivity contribution < 1.29 is 14.3 Å². The largest absolute Gasteiger partial charge is 0.491 e. The van der Waals surface area contributed by atoms with Crippen molar-refractivity contribution in [3.63, 3.8) is 0 Å². The van der Waals surface area contributed by atoms with Crippen LogP contribution in [0.25, 0.3) is 0 Å². The molecule has 6 heteroatoms. The fourth-order valence-corrected chi connectivity index (χ4v) is 1.84. The van der Waals surface area contributed by atoms with Crippen molar-refractivity contribution in [1.29, 1.82) is 0 Å². The topological polar surface area (TPSA) is 35.5 Å². The lowest BCUT2D eigenvalue weighted by atomic mass is 10.2. The molecular weight excluding hydrogens is 310 g/mol. The van der Waals surface area contributed by atoms with Crippen LogP contribution in [0, 0.1) is 0 Å². The van der Waals surface area contributed by atoms with Crippen LogP contribution in [-0.2, 0) is 9.53 Å². The molecule has 0 radical (unpaired) electrons. The monoisotopic (exact) mass is 324 g/mol. The maximum atomic E-state index is 11.5. The Morgan fingerprint density at radius 1 is 1.11 bits per heavy atom. The van der Waals surface area contributed by atoms with Crippen LogP contribution in [0.5, 0.6) is 5.75 Å². The van der Waals surface area contributed by atoms with Gasteiger partial charge in [0.25, 0.3) is 0 Å². The van der Waals surface area contributed by atoms with Crippen LogP contribution in [-0.4, -0.2) is 18.2 Å². The molecular formula is C13H15Cl3O3. The van der Waals surface area contributed by atoms with Gasteiger partial charge < -0.3 is 9.47 Å². The van der Waals surface area contributed by atoms with Gasteiger partial charge in [0.2, 0.25) is 0 Å². The second-order valence-corrected chi connectivity index (χ2v) is 6.10. The number of carbonyl (C=O) groups excluding carboxylic acids is 1. The van der Waals surface area contributed by atoms with Crippen LogP contribution in [0.3, 0.4) is 0 Å². The number of rotatable bonds is 4. The number of hydrogen-bond acceptors (Lipinski definition) is 3. The highest BCUT2D eigenvalue weighted by Crippen LogP contribution is 2.33. The van der Waals surface area contributed by atoms with E-state index in [-0.39, 0.29) is 19.0 Å². The summed E-state index contributed by atoms with van der Waals surface area (Å²) in [6.07, 6.45) is 0.133. The summed E-state index contributed by atoms with van der Waals surface area (Å²) in [5.74, 6) is 0.0586. The Bertz CT molecular complexity index is 467. The number of ether oxygens (including phenoxy) is 2. The third-order valence-electron chi connectivity index (χ3n) is 1.96. The fourth-order valence-electron chi connectivity index (χ4n) is 1.25. The van der Waals surface area contributed by atoms with Gasteiger partial charge in [-0.1, -0.05) is 34.8 Å². The van der Waals surface area contributed by atoms with E-state index in [0.29, 0.717) is 20.8 Å². The van der Waals surface area contributed by atoms with E-state index in [1.807, 2.05) is 20.8 Å². The molecule has 0 bridgehead atoms. The van der Waals surface area contributed by atoms with Crippen molar-refractivity contribution in [1.82, 2.24) is 0 Å². The maximum absolute atomic E-state index is 11.5. The summed E-state index contributed by atoms with van der Waals surface area (Å²) < 4.78 is 10.5. The number of carbonyl (C=O) groups is 1. The molecule has 0 amide bonds. The first-order chi connectivity index (χ1) is 8.69. The molecule has 0 aliphatic carbocycles. The maximum Gasteiger partial charge on any atom is 0.309 e. The van der Waals surface area contributed by atoms with E-state index in [4.69, 9.17) is 44.3 Å². The molecule has 1 aromatic rings. The molecule has 19 heavy (non-hydrogen) atoms. The number of halogens is 3. The summed E-state index contributed by atoms with van der Waals surface area (Å²) in [5, 5.41) is 1.04. The van der Waals surface area contributed by atoms with Crippen molar-refractivity contribution in [2.75, 3.05) is 6.61 Å². The molecule has 0 N–H and O–H groups in total. The Labute approximate surface area is 127 Å². The Balaban J connectivity index is 2.50. The molecule has 0 aliphatic rings. The molecule has 0 saturated heterocycles. The summed E-state index contributed by atoms with van der Waals surface area (Å²) in [4.78, 5) is 11.5. The molecule has 0 heterocycles. The van der Waals surface area contributed by atoms with Gasteiger partial charge in [0, 0.05) is 6.07 Å². The summed E-state index contributed by atoms with van der Waals surface area (Å²) in [6.45, 7) is 5.58. The van der Waals surface area contributed by atoms with Gasteiger partial charge in [-0.15, -0.1) is 0 Å². The molecule has 0 spiro atoms. The molecule has 1 aromatic carbocycles. The highest BCUT2D eigenvalue weighted by Gasteiger charge is 2.16. The summed E-state index contributed by atoms with van der Waals surface area (Å²) >= 11 is 17.6. The average Bonchev–Trinajstić information content (AvgIpc) is 2.22. The number of hydrogen-bond donors (Lipinski definition) is 0. The van der Waals surface area contributed by atoms with E-state index in [2.05, 4.69) is 0 Å². The number of benzene rings is 1. The molecule has 0 unspecified atom stereocenters. The van der Waals surface area contributed by atoms with Crippen LogP contribution in [0.1, 0.15) is 27.2 Å². The van der Waals surface area contributed by atoms with E-state index >= 15 is 0 Å². The van der Waals surface area contributed by atoms with E-state index in [1.165, 1.54) is 12.1 Å². The molecule has 0 aromatic heterocycles. The number of esters is 1. The highest BCUT2D eigenvalue weighted by molar-refractivity contribution is 6.43. The Morgan fingerprint density at radius 3 is 2.26 bits per heavy atom. The first-order valence-electron chi connectivity index (χ1n) is 5.68. The van der Waals surface area contributed by atoms with Crippen LogP contribution < -0.4 is 4.74 Å². The summed E-state index contributed by atoms with van der Waals surface area (Å²) in [6, 6.07) is 3.01. The molecule has 0 atom stereocenters. The van der Waals surface area contributed by atoms with Gasteiger partial charge in [-0.05, 0) is 26.8 Å². The van der Waals surface area contributed by atoms with Gasteiger partial charge in [0.15, 0.2) is 0 Å². The molecule has 0 saturated carbocycles. The van der Waals surface area contributed by atoms with Crippen molar-refractivity contribution >= 4 is 40.8 Å². The lowest BCUT2D eigenvalue weighted by Gasteiger charge is -2.19. The minimum absolute atomic E-state index is 0.133. The van der Waals surface area contributed by atoms with E-state index in [0.717, 1.165) is 0 Å². The molecule has 106 valence electrons. The summed E-state index contributed by atoms with van der Waals surface area (Å²) in [5.41, 5.74) is -0.502. The van der Waals surface area contributed by atoms with Crippen molar-refractivity contribution in [2.45, 2.75) is 32.8 Å². The van der Waals surface area contributed by atoms with Crippen LogP contribution in [0.15, 0.2) is 12.1 Å². The molecule has 0 fully saturated rings. The van der Waals surface area contributed by atoms with Crippen LogP contribution in [0.4, 0.5) is 0 Å². The average molecular weight is 326 g/mol. The van der Waals surface area contributed by atoms with Crippen molar-refractivity contribution in [3.05, 3.63) is 27.2 Å². The van der Waals surface area contributed by atoms with Gasteiger partial charge in [-0.2, -0.15) is 0 Å². The van der Waals surface area contributed by atoms with Gasteiger partial charge in [0.1, 0.15) is 11.4 Å². The quantitative estimate of drug-likeness (QED) is 0.591. The zero-order valence-electron chi connectivity index (χ0n) is 10.9. The van der Waals surface area contributed by atoms with Crippen LogP contribution >= 0.6 is 34.8 Å². The Kier molecular flexibility index (Phi) is 5.78. The third-order valence-corrected chi connectivity index (χ3v) is 2.98. The smallest absolute Gasteiger partial charge is 0.309 e. The SMILES string of the molecule is CC(C)(C)OC(=O)CCOc1cc(Cl)c(Cl)cc1Cl. The first-order valence-corrected chi connectivity index (χ1v) is 6.81. The molecule has 1 rings (SSSR count). The fraction of sp³-hybridized carbons (Fsp3) is 0.462. The minimum atomic E-state index is -0.502. The van der Waals surface area contributed by atoms with E-state index < -0.39 is 5.60 Å². The lowest BCUT2D eigenvalue weighted by Crippen LogP contribution is -2.24. The second kappa shape index (κ2) is 6.69. The second-order valence-electron chi connectivity index (χ2n) is 4.88. The van der Waals surface area contributed by atoms with Gasteiger partial charge >= 0.3 is 5.97 Å². The van der Waals surface area contributed by atoms with Crippen LogP contribution in [0.2, 0.25) is 15.1 Å². The van der Waals surface area contributed by atoms with Gasteiger partial charge in [0.05, 0.1) is 28.1 Å². The highest BCUT2D eigenvalue weighted by atomic mass is 35.5. The third kappa shape index (κ3) is 5.89. The van der Waals surface area contributed by atoms with E-state index in [1.54, 1.807) is 0 Å². The van der Waals surface area contributed by atoms with E-state index in [9.17, 15) is 4.79 Å². The van der Waals surface area contributed by atoms with Crippen molar-refractivity contribution in [3.8, 4) is 5.75 Å². The van der Waals surface area contributed by atoms with Gasteiger partial charge in [-0.25, -0.2) is 0 Å². The first kappa shape index (κ1) is 16.4. The Morgan fingerprint density at radius 2 is 1.68 bits per heavy atom. The predicted molar refractivity (Wildman–Crippen MR) is 77.4 cm³/mol. The Hall–Kier alpha value is -0.640. The minimum Gasteiger partial charge on any atom is -0.491 e.